The number of rotatable bonds is 6. The summed E-state index contributed by atoms with van der Waals surface area (Å²) in [6.07, 6.45) is 0.541. The van der Waals surface area contributed by atoms with Crippen molar-refractivity contribution in [1.82, 2.24) is 0 Å². The molecule has 106 valence electrons. The van der Waals surface area contributed by atoms with E-state index in [0.717, 1.165) is 0 Å². The van der Waals surface area contributed by atoms with E-state index in [1.807, 2.05) is 13.0 Å². The Labute approximate surface area is 118 Å². The molecular formula is C16H26O2Si. The Morgan fingerprint density at radius 3 is 2.26 bits per heavy atom. The third-order valence-corrected chi connectivity index (χ3v) is 8.49. The monoisotopic (exact) mass is 278 g/mol. The first-order valence-corrected chi connectivity index (χ1v) is 10.2. The van der Waals surface area contributed by atoms with Crippen molar-refractivity contribution in [2.75, 3.05) is 6.61 Å². The Balaban J connectivity index is 2.95. The lowest BCUT2D eigenvalue weighted by Crippen LogP contribution is -2.48. The Morgan fingerprint density at radius 2 is 1.79 bits per heavy atom. The van der Waals surface area contributed by atoms with E-state index < -0.39 is 8.07 Å². The van der Waals surface area contributed by atoms with Crippen LogP contribution >= 0.6 is 0 Å². The van der Waals surface area contributed by atoms with Gasteiger partial charge in [0, 0.05) is 6.42 Å². The number of hydrogen-bond donors (Lipinski definition) is 0. The van der Waals surface area contributed by atoms with Crippen LogP contribution in [0.5, 0.6) is 0 Å². The summed E-state index contributed by atoms with van der Waals surface area (Å²) in [5.41, 5.74) is 0.411. The lowest BCUT2D eigenvalue weighted by atomic mass is 10.1. The first kappa shape index (κ1) is 16.0. The second-order valence-electron chi connectivity index (χ2n) is 5.95. The van der Waals surface area contributed by atoms with Crippen LogP contribution in [0.15, 0.2) is 30.3 Å². The molecule has 0 aliphatic carbocycles. The summed E-state index contributed by atoms with van der Waals surface area (Å²) in [4.78, 5) is 11.8. The average molecular weight is 278 g/mol. The normalized spacial score (nSPS) is 13.4. The maximum absolute atomic E-state index is 11.8. The minimum absolute atomic E-state index is 0.0577. The van der Waals surface area contributed by atoms with Gasteiger partial charge in [-0.25, -0.2) is 0 Å². The van der Waals surface area contributed by atoms with Crippen molar-refractivity contribution in [2.24, 2.45) is 5.92 Å². The molecule has 0 aliphatic heterocycles. The van der Waals surface area contributed by atoms with Gasteiger partial charge in [0.25, 0.3) is 0 Å². The predicted molar refractivity (Wildman–Crippen MR) is 83.4 cm³/mol. The van der Waals surface area contributed by atoms with Crippen molar-refractivity contribution >= 4 is 19.2 Å². The maximum atomic E-state index is 11.8. The van der Waals surface area contributed by atoms with E-state index in [1.54, 1.807) is 0 Å². The Hall–Kier alpha value is -1.09. The summed E-state index contributed by atoms with van der Waals surface area (Å²) < 4.78 is 5.14. The fraction of sp³-hybridized carbons (Fsp3) is 0.562. The van der Waals surface area contributed by atoms with Crippen LogP contribution in [0.3, 0.4) is 0 Å². The average Bonchev–Trinajstić information content (AvgIpc) is 2.37. The van der Waals surface area contributed by atoms with Crippen LogP contribution in [0.25, 0.3) is 0 Å². The number of carbonyl (C=O) groups is 1. The zero-order valence-corrected chi connectivity index (χ0v) is 13.8. The van der Waals surface area contributed by atoms with Gasteiger partial charge in [-0.15, -0.1) is 0 Å². The van der Waals surface area contributed by atoms with Gasteiger partial charge in [0.1, 0.15) is 0 Å². The number of hydrogen-bond acceptors (Lipinski definition) is 2. The predicted octanol–water partition coefficient (Wildman–Crippen LogP) is 3.58. The molecule has 0 amide bonds. The Bertz CT molecular complexity index is 398. The molecule has 0 heterocycles. The van der Waals surface area contributed by atoms with Crippen molar-refractivity contribution in [3.05, 3.63) is 30.3 Å². The molecule has 0 unspecified atom stereocenters. The minimum Gasteiger partial charge on any atom is -0.466 e. The lowest BCUT2D eigenvalue weighted by molar-refractivity contribution is -0.143. The molecule has 0 aliphatic rings. The molecule has 3 heteroatoms. The van der Waals surface area contributed by atoms with Gasteiger partial charge < -0.3 is 4.74 Å². The highest BCUT2D eigenvalue weighted by molar-refractivity contribution is 6.91. The van der Waals surface area contributed by atoms with Crippen LogP contribution in [0.2, 0.25) is 18.6 Å². The van der Waals surface area contributed by atoms with Gasteiger partial charge in [-0.05, 0) is 18.4 Å². The molecule has 0 saturated heterocycles. The summed E-state index contributed by atoms with van der Waals surface area (Å²) in [5, 5.41) is 1.41. The zero-order chi connectivity index (χ0) is 14.5. The molecule has 0 aromatic heterocycles. The highest BCUT2D eigenvalue weighted by Gasteiger charge is 2.37. The largest absolute Gasteiger partial charge is 0.466 e. The molecule has 0 fully saturated rings. The van der Waals surface area contributed by atoms with E-state index in [9.17, 15) is 4.79 Å². The number of benzene rings is 1. The Kier molecular flexibility index (Phi) is 5.79. The summed E-state index contributed by atoms with van der Waals surface area (Å²) in [6.45, 7) is 11.5. The molecule has 1 aromatic carbocycles. The van der Waals surface area contributed by atoms with Crippen molar-refractivity contribution in [1.29, 1.82) is 0 Å². The molecule has 0 saturated carbocycles. The van der Waals surface area contributed by atoms with Crippen LogP contribution in [-0.2, 0) is 9.53 Å². The van der Waals surface area contributed by atoms with Crippen LogP contribution in [0, 0.1) is 5.92 Å². The second kappa shape index (κ2) is 6.90. The van der Waals surface area contributed by atoms with Crippen LogP contribution in [0.1, 0.15) is 27.2 Å². The van der Waals surface area contributed by atoms with E-state index in [-0.39, 0.29) is 5.97 Å². The molecule has 0 N–H and O–H groups in total. The fourth-order valence-electron chi connectivity index (χ4n) is 2.81. The third kappa shape index (κ3) is 4.20. The van der Waals surface area contributed by atoms with Gasteiger partial charge in [0.15, 0.2) is 0 Å². The van der Waals surface area contributed by atoms with E-state index >= 15 is 0 Å². The number of carbonyl (C=O) groups excluding carboxylic acids is 1. The molecule has 0 bridgehead atoms. The molecule has 0 spiro atoms. The second-order valence-corrected chi connectivity index (χ2v) is 10.7. The topological polar surface area (TPSA) is 26.3 Å². The third-order valence-electron chi connectivity index (χ3n) is 3.94. The van der Waals surface area contributed by atoms with Crippen molar-refractivity contribution in [3.63, 3.8) is 0 Å². The minimum atomic E-state index is -1.66. The molecule has 1 aromatic rings. The lowest BCUT2D eigenvalue weighted by Gasteiger charge is -2.35. The first-order chi connectivity index (χ1) is 8.89. The van der Waals surface area contributed by atoms with Crippen molar-refractivity contribution in [2.45, 2.75) is 45.8 Å². The summed E-state index contributed by atoms with van der Waals surface area (Å²) in [6, 6.07) is 10.6. The summed E-state index contributed by atoms with van der Waals surface area (Å²) >= 11 is 0. The molecule has 2 nitrogen and oxygen atoms in total. The highest BCUT2D eigenvalue weighted by atomic mass is 28.3. The van der Waals surface area contributed by atoms with Gasteiger partial charge in [0.05, 0.1) is 14.7 Å². The van der Waals surface area contributed by atoms with Crippen LogP contribution in [-0.4, -0.2) is 20.7 Å². The molecule has 1 rings (SSSR count). The van der Waals surface area contributed by atoms with Crippen LogP contribution < -0.4 is 5.19 Å². The van der Waals surface area contributed by atoms with E-state index in [1.165, 1.54) is 5.19 Å². The van der Waals surface area contributed by atoms with Gasteiger partial charge in [-0.2, -0.15) is 0 Å². The first-order valence-electron chi connectivity index (χ1n) is 7.10. The van der Waals surface area contributed by atoms with Crippen molar-refractivity contribution in [3.8, 4) is 0 Å². The smallest absolute Gasteiger partial charge is 0.305 e. The number of ether oxygens (including phenoxy) is 1. The number of esters is 1. The Morgan fingerprint density at radius 1 is 1.21 bits per heavy atom. The summed E-state index contributed by atoms with van der Waals surface area (Å²) in [5.74, 6) is 0.434. The van der Waals surface area contributed by atoms with E-state index in [0.29, 0.717) is 24.5 Å². The SMILES string of the molecule is CCOC(=O)C[C@H](C(C)C)[Si](C)(C)c1ccccc1. The molecule has 1 atom stereocenters. The maximum Gasteiger partial charge on any atom is 0.305 e. The zero-order valence-electron chi connectivity index (χ0n) is 12.8. The van der Waals surface area contributed by atoms with Crippen molar-refractivity contribution < 1.29 is 9.53 Å². The molecule has 0 radical (unpaired) electrons. The van der Waals surface area contributed by atoms with Gasteiger partial charge in [0.2, 0.25) is 0 Å². The quantitative estimate of drug-likeness (QED) is 0.587. The van der Waals surface area contributed by atoms with Gasteiger partial charge in [-0.1, -0.05) is 62.5 Å². The molecular weight excluding hydrogens is 252 g/mol. The fourth-order valence-corrected chi connectivity index (χ4v) is 6.63. The highest BCUT2D eigenvalue weighted by Crippen LogP contribution is 2.33. The molecule has 19 heavy (non-hydrogen) atoms. The van der Waals surface area contributed by atoms with E-state index in [2.05, 4.69) is 51.2 Å². The van der Waals surface area contributed by atoms with Gasteiger partial charge in [-0.3, -0.25) is 4.79 Å². The van der Waals surface area contributed by atoms with Gasteiger partial charge >= 0.3 is 5.97 Å². The van der Waals surface area contributed by atoms with Crippen LogP contribution in [0.4, 0.5) is 0 Å². The summed E-state index contributed by atoms with van der Waals surface area (Å²) in [7, 11) is -1.66. The standard InChI is InChI=1S/C16H26O2Si/c1-6-18-16(17)12-15(13(2)3)19(4,5)14-10-8-7-9-11-14/h7-11,13,15H,6,12H2,1-5H3/t15-/m1/s1. The van der Waals surface area contributed by atoms with E-state index in [4.69, 9.17) is 4.74 Å².